The van der Waals surface area contributed by atoms with Gasteiger partial charge in [0.1, 0.15) is 5.82 Å². The van der Waals surface area contributed by atoms with Crippen molar-refractivity contribution in [2.45, 2.75) is 18.8 Å². The van der Waals surface area contributed by atoms with Crippen LogP contribution < -0.4 is 0 Å². The van der Waals surface area contributed by atoms with Crippen LogP contribution in [0.15, 0.2) is 27.1 Å². The van der Waals surface area contributed by atoms with E-state index in [0.717, 1.165) is 17.3 Å². The summed E-state index contributed by atoms with van der Waals surface area (Å²) in [5.41, 5.74) is 0.341. The predicted octanol–water partition coefficient (Wildman–Crippen LogP) is 3.52. The molecule has 5 heteroatoms. The maximum absolute atomic E-state index is 13.5. The molecule has 1 aliphatic carbocycles. The number of nitrogens with zero attached hydrogens (tertiary/aromatic N) is 2. The molecule has 1 aromatic heterocycles. The van der Waals surface area contributed by atoms with Crippen molar-refractivity contribution in [1.82, 2.24) is 10.2 Å². The van der Waals surface area contributed by atoms with Gasteiger partial charge in [0.15, 0.2) is 0 Å². The van der Waals surface area contributed by atoms with E-state index in [2.05, 4.69) is 26.1 Å². The highest BCUT2D eigenvalue weighted by atomic mass is 79.9. The summed E-state index contributed by atoms with van der Waals surface area (Å²) < 4.78 is 19.8. The fourth-order valence-electron chi connectivity index (χ4n) is 1.50. The number of hydrogen-bond donors (Lipinski definition) is 0. The highest BCUT2D eigenvalue weighted by Crippen LogP contribution is 2.40. The van der Waals surface area contributed by atoms with Gasteiger partial charge in [0.05, 0.1) is 5.56 Å². The third kappa shape index (κ3) is 1.75. The Morgan fingerprint density at radius 1 is 1.31 bits per heavy atom. The fraction of sp³-hybridized carbons (Fsp3) is 0.273. The molecule has 0 amide bonds. The van der Waals surface area contributed by atoms with Gasteiger partial charge in [-0.2, -0.15) is 0 Å². The molecule has 1 fully saturated rings. The van der Waals surface area contributed by atoms with Crippen LogP contribution in [0.5, 0.6) is 0 Å². The molecule has 1 saturated carbocycles. The molecule has 1 aliphatic rings. The quantitative estimate of drug-likeness (QED) is 0.846. The van der Waals surface area contributed by atoms with Gasteiger partial charge in [-0.15, -0.1) is 10.2 Å². The average Bonchev–Trinajstić information content (AvgIpc) is 3.01. The molecule has 1 aromatic carbocycles. The molecule has 82 valence electrons. The molecule has 0 spiro atoms. The first-order valence-electron chi connectivity index (χ1n) is 5.03. The number of benzene rings is 1. The Hall–Kier alpha value is -1.23. The van der Waals surface area contributed by atoms with Gasteiger partial charge in [0.2, 0.25) is 5.89 Å². The Bertz CT molecular complexity index is 537. The molecule has 0 radical (unpaired) electrons. The predicted molar refractivity (Wildman–Crippen MR) is 59.4 cm³/mol. The van der Waals surface area contributed by atoms with E-state index in [1.54, 1.807) is 12.1 Å². The smallest absolute Gasteiger partial charge is 0.250 e. The van der Waals surface area contributed by atoms with Crippen LogP contribution in [-0.2, 0) is 0 Å². The van der Waals surface area contributed by atoms with Crippen LogP contribution in [0.25, 0.3) is 11.5 Å². The summed E-state index contributed by atoms with van der Waals surface area (Å²) in [4.78, 5) is 0. The summed E-state index contributed by atoms with van der Waals surface area (Å²) in [6.07, 6.45) is 2.17. The maximum Gasteiger partial charge on any atom is 0.250 e. The Morgan fingerprint density at radius 3 is 2.88 bits per heavy atom. The van der Waals surface area contributed by atoms with Gasteiger partial charge in [0, 0.05) is 10.4 Å². The molecule has 0 unspecified atom stereocenters. The summed E-state index contributed by atoms with van der Waals surface area (Å²) in [6.45, 7) is 0. The van der Waals surface area contributed by atoms with Crippen molar-refractivity contribution in [2.24, 2.45) is 0 Å². The van der Waals surface area contributed by atoms with Crippen LogP contribution in [-0.4, -0.2) is 10.2 Å². The van der Waals surface area contributed by atoms with E-state index in [1.807, 2.05) is 0 Å². The normalized spacial score (nSPS) is 15.4. The molecule has 3 nitrogen and oxygen atoms in total. The van der Waals surface area contributed by atoms with Crippen LogP contribution in [0, 0.1) is 5.82 Å². The monoisotopic (exact) mass is 282 g/mol. The van der Waals surface area contributed by atoms with Crippen LogP contribution in [0.4, 0.5) is 4.39 Å². The van der Waals surface area contributed by atoms with E-state index in [1.165, 1.54) is 6.07 Å². The Balaban J connectivity index is 2.03. The third-order valence-corrected chi connectivity index (χ3v) is 3.02. The van der Waals surface area contributed by atoms with Crippen LogP contribution in [0.1, 0.15) is 24.7 Å². The van der Waals surface area contributed by atoms with Gasteiger partial charge in [-0.3, -0.25) is 0 Å². The van der Waals surface area contributed by atoms with Crippen LogP contribution >= 0.6 is 15.9 Å². The van der Waals surface area contributed by atoms with Crippen molar-refractivity contribution >= 4 is 15.9 Å². The lowest BCUT2D eigenvalue weighted by Crippen LogP contribution is -1.84. The van der Waals surface area contributed by atoms with Gasteiger partial charge in [-0.1, -0.05) is 15.9 Å². The standard InChI is InChI=1S/C11H8BrFN2O/c12-7-3-4-9(13)8(5-7)11-15-14-10(16-11)6-1-2-6/h3-6H,1-2H2. The second-order valence-corrected chi connectivity index (χ2v) is 4.76. The van der Waals surface area contributed by atoms with Gasteiger partial charge >= 0.3 is 0 Å². The molecule has 1 heterocycles. The molecule has 0 N–H and O–H groups in total. The lowest BCUT2D eigenvalue weighted by atomic mass is 10.2. The van der Waals surface area contributed by atoms with Crippen molar-refractivity contribution in [3.63, 3.8) is 0 Å². The Kier molecular flexibility index (Phi) is 2.28. The molecule has 0 bridgehead atoms. The SMILES string of the molecule is Fc1ccc(Br)cc1-c1nnc(C2CC2)o1. The van der Waals surface area contributed by atoms with Gasteiger partial charge in [-0.25, -0.2) is 4.39 Å². The van der Waals surface area contributed by atoms with Crippen molar-refractivity contribution in [3.8, 4) is 11.5 Å². The first kappa shape index (κ1) is 9.96. The van der Waals surface area contributed by atoms with Crippen molar-refractivity contribution < 1.29 is 8.81 Å². The molecule has 0 aliphatic heterocycles. The molecule has 16 heavy (non-hydrogen) atoms. The Morgan fingerprint density at radius 2 is 2.12 bits per heavy atom. The first-order chi connectivity index (χ1) is 7.74. The van der Waals surface area contributed by atoms with Crippen molar-refractivity contribution in [3.05, 3.63) is 34.4 Å². The largest absolute Gasteiger partial charge is 0.420 e. The lowest BCUT2D eigenvalue weighted by molar-refractivity contribution is 0.504. The average molecular weight is 283 g/mol. The minimum absolute atomic E-state index is 0.251. The second-order valence-electron chi connectivity index (χ2n) is 3.84. The van der Waals surface area contributed by atoms with E-state index in [9.17, 15) is 4.39 Å². The van der Waals surface area contributed by atoms with Crippen molar-refractivity contribution in [2.75, 3.05) is 0 Å². The van der Waals surface area contributed by atoms with E-state index < -0.39 is 0 Å². The number of aromatic nitrogens is 2. The topological polar surface area (TPSA) is 38.9 Å². The third-order valence-electron chi connectivity index (χ3n) is 2.53. The first-order valence-corrected chi connectivity index (χ1v) is 5.82. The highest BCUT2D eigenvalue weighted by molar-refractivity contribution is 9.10. The van der Waals surface area contributed by atoms with E-state index >= 15 is 0 Å². The maximum atomic E-state index is 13.5. The molecular weight excluding hydrogens is 275 g/mol. The van der Waals surface area contributed by atoms with Crippen LogP contribution in [0.3, 0.4) is 0 Å². The Labute approximate surface area is 99.8 Å². The molecule has 2 aromatic rings. The van der Waals surface area contributed by atoms with E-state index in [4.69, 9.17) is 4.42 Å². The van der Waals surface area contributed by atoms with Gasteiger partial charge < -0.3 is 4.42 Å². The highest BCUT2D eigenvalue weighted by Gasteiger charge is 2.29. The fourth-order valence-corrected chi connectivity index (χ4v) is 1.86. The van der Waals surface area contributed by atoms with Crippen LogP contribution in [0.2, 0.25) is 0 Å². The molecule has 0 saturated heterocycles. The molecule has 3 rings (SSSR count). The van der Waals surface area contributed by atoms with E-state index in [0.29, 0.717) is 17.4 Å². The minimum atomic E-state index is -0.353. The number of rotatable bonds is 2. The molecular formula is C11H8BrFN2O. The minimum Gasteiger partial charge on any atom is -0.420 e. The second kappa shape index (κ2) is 3.66. The zero-order valence-electron chi connectivity index (χ0n) is 8.28. The molecule has 0 atom stereocenters. The van der Waals surface area contributed by atoms with E-state index in [-0.39, 0.29) is 11.7 Å². The van der Waals surface area contributed by atoms with Gasteiger partial charge in [-0.05, 0) is 31.0 Å². The summed E-state index contributed by atoms with van der Waals surface area (Å²) in [5, 5.41) is 7.80. The number of halogens is 2. The summed E-state index contributed by atoms with van der Waals surface area (Å²) in [5.74, 6) is 0.903. The summed E-state index contributed by atoms with van der Waals surface area (Å²) in [7, 11) is 0. The summed E-state index contributed by atoms with van der Waals surface area (Å²) >= 11 is 3.29. The zero-order chi connectivity index (χ0) is 11.1. The lowest BCUT2D eigenvalue weighted by Gasteiger charge is -1.97. The van der Waals surface area contributed by atoms with Gasteiger partial charge in [0.25, 0.3) is 5.89 Å². The van der Waals surface area contributed by atoms with Crippen molar-refractivity contribution in [1.29, 1.82) is 0 Å². The number of hydrogen-bond acceptors (Lipinski definition) is 3. The zero-order valence-corrected chi connectivity index (χ0v) is 9.87. The summed E-state index contributed by atoms with van der Waals surface area (Å²) in [6, 6.07) is 4.65.